The predicted molar refractivity (Wildman–Crippen MR) is 77.6 cm³/mol. The molecule has 1 aromatic heterocycles. The summed E-state index contributed by atoms with van der Waals surface area (Å²) in [7, 11) is 0. The molecule has 1 atom stereocenters. The van der Waals surface area contributed by atoms with E-state index in [9.17, 15) is 0 Å². The Balaban J connectivity index is 2.22. The molecule has 0 amide bonds. The van der Waals surface area contributed by atoms with Gasteiger partial charge in [-0.25, -0.2) is 4.98 Å². The Bertz CT molecular complexity index is 706. The zero-order valence-corrected chi connectivity index (χ0v) is 10.7. The number of aromatic nitrogens is 2. The van der Waals surface area contributed by atoms with Crippen LogP contribution in [0.15, 0.2) is 54.7 Å². The summed E-state index contributed by atoms with van der Waals surface area (Å²) < 4.78 is 0. The molecule has 3 heteroatoms. The average molecular weight is 249 g/mol. The van der Waals surface area contributed by atoms with Gasteiger partial charge >= 0.3 is 0 Å². The van der Waals surface area contributed by atoms with Crippen molar-refractivity contribution in [2.45, 2.75) is 13.0 Å². The SMILES string of the molecule is CC(N)c1cccc2ncc(-c3ccccc3)nc12. The van der Waals surface area contributed by atoms with Crippen LogP contribution in [0.2, 0.25) is 0 Å². The first-order chi connectivity index (χ1) is 9.25. The van der Waals surface area contributed by atoms with Crippen LogP contribution in [0.1, 0.15) is 18.5 Å². The lowest BCUT2D eigenvalue weighted by atomic mass is 10.1. The topological polar surface area (TPSA) is 51.8 Å². The van der Waals surface area contributed by atoms with E-state index >= 15 is 0 Å². The fourth-order valence-electron chi connectivity index (χ4n) is 2.17. The van der Waals surface area contributed by atoms with Crippen LogP contribution >= 0.6 is 0 Å². The standard InChI is InChI=1S/C16H15N3/c1-11(17)13-8-5-9-14-16(13)19-15(10-18-14)12-6-3-2-4-7-12/h2-11H,17H2,1H3. The number of fused-ring (bicyclic) bond motifs is 1. The van der Waals surface area contributed by atoms with E-state index in [2.05, 4.69) is 4.98 Å². The first-order valence-electron chi connectivity index (χ1n) is 6.32. The summed E-state index contributed by atoms with van der Waals surface area (Å²) in [4.78, 5) is 9.21. The minimum Gasteiger partial charge on any atom is -0.324 e. The molecule has 1 heterocycles. The van der Waals surface area contributed by atoms with Gasteiger partial charge in [-0.3, -0.25) is 4.98 Å². The second-order valence-corrected chi connectivity index (χ2v) is 4.62. The van der Waals surface area contributed by atoms with Crippen LogP contribution in [0.5, 0.6) is 0 Å². The molecule has 0 saturated carbocycles. The number of hydrogen-bond acceptors (Lipinski definition) is 3. The van der Waals surface area contributed by atoms with Crippen molar-refractivity contribution in [1.29, 1.82) is 0 Å². The van der Waals surface area contributed by atoms with Gasteiger partial charge in [0.2, 0.25) is 0 Å². The molecule has 3 rings (SSSR count). The van der Waals surface area contributed by atoms with Gasteiger partial charge in [-0.2, -0.15) is 0 Å². The van der Waals surface area contributed by atoms with Crippen molar-refractivity contribution in [3.05, 3.63) is 60.3 Å². The van der Waals surface area contributed by atoms with Crippen LogP contribution in [0, 0.1) is 0 Å². The maximum atomic E-state index is 6.00. The molecule has 0 aliphatic heterocycles. The summed E-state index contributed by atoms with van der Waals surface area (Å²) in [5.41, 5.74) is 10.7. The molecule has 3 nitrogen and oxygen atoms in total. The van der Waals surface area contributed by atoms with Crippen molar-refractivity contribution >= 4 is 11.0 Å². The lowest BCUT2D eigenvalue weighted by molar-refractivity contribution is 0.823. The Kier molecular flexibility index (Phi) is 2.97. The van der Waals surface area contributed by atoms with Gasteiger partial charge in [0.25, 0.3) is 0 Å². The molecule has 2 aromatic carbocycles. The monoisotopic (exact) mass is 249 g/mol. The van der Waals surface area contributed by atoms with E-state index in [0.29, 0.717) is 0 Å². The van der Waals surface area contributed by atoms with Crippen LogP contribution in [0.4, 0.5) is 0 Å². The molecule has 0 fully saturated rings. The lowest BCUT2D eigenvalue weighted by Crippen LogP contribution is -2.06. The van der Waals surface area contributed by atoms with E-state index in [0.717, 1.165) is 27.9 Å². The van der Waals surface area contributed by atoms with E-state index in [1.165, 1.54) is 0 Å². The summed E-state index contributed by atoms with van der Waals surface area (Å²) in [5.74, 6) is 0. The first kappa shape index (κ1) is 11.8. The van der Waals surface area contributed by atoms with Crippen molar-refractivity contribution < 1.29 is 0 Å². The molecule has 0 saturated heterocycles. The molecule has 0 spiro atoms. The largest absolute Gasteiger partial charge is 0.324 e. The highest BCUT2D eigenvalue weighted by Gasteiger charge is 2.09. The Morgan fingerprint density at radius 1 is 1.00 bits per heavy atom. The van der Waals surface area contributed by atoms with Crippen LogP contribution in [0.3, 0.4) is 0 Å². The number of nitrogens with two attached hydrogens (primary N) is 1. The van der Waals surface area contributed by atoms with E-state index in [-0.39, 0.29) is 6.04 Å². The zero-order chi connectivity index (χ0) is 13.2. The van der Waals surface area contributed by atoms with Gasteiger partial charge in [0, 0.05) is 11.6 Å². The van der Waals surface area contributed by atoms with Gasteiger partial charge in [-0.15, -0.1) is 0 Å². The lowest BCUT2D eigenvalue weighted by Gasteiger charge is -2.10. The van der Waals surface area contributed by atoms with Crippen molar-refractivity contribution in [2.75, 3.05) is 0 Å². The molecule has 0 aliphatic rings. The molecule has 0 radical (unpaired) electrons. The normalized spacial score (nSPS) is 12.5. The number of hydrogen-bond donors (Lipinski definition) is 1. The summed E-state index contributed by atoms with van der Waals surface area (Å²) >= 11 is 0. The third-order valence-corrected chi connectivity index (χ3v) is 3.16. The van der Waals surface area contributed by atoms with E-state index in [1.807, 2.05) is 61.7 Å². The van der Waals surface area contributed by atoms with Gasteiger partial charge < -0.3 is 5.73 Å². The van der Waals surface area contributed by atoms with E-state index < -0.39 is 0 Å². The number of benzene rings is 2. The zero-order valence-electron chi connectivity index (χ0n) is 10.7. The summed E-state index contributed by atoms with van der Waals surface area (Å²) in [6.07, 6.45) is 1.81. The molecule has 1 unspecified atom stereocenters. The van der Waals surface area contributed by atoms with E-state index in [1.54, 1.807) is 0 Å². The van der Waals surface area contributed by atoms with E-state index in [4.69, 9.17) is 10.7 Å². The van der Waals surface area contributed by atoms with Crippen molar-refractivity contribution in [1.82, 2.24) is 9.97 Å². The summed E-state index contributed by atoms with van der Waals surface area (Å²) in [6, 6.07) is 15.9. The van der Waals surface area contributed by atoms with Crippen LogP contribution in [0.25, 0.3) is 22.3 Å². The molecule has 0 aliphatic carbocycles. The molecular formula is C16H15N3. The van der Waals surface area contributed by atoms with Crippen LogP contribution in [-0.2, 0) is 0 Å². The minimum atomic E-state index is -0.0518. The average Bonchev–Trinajstić information content (AvgIpc) is 2.47. The third kappa shape index (κ3) is 2.20. The fraction of sp³-hybridized carbons (Fsp3) is 0.125. The first-order valence-corrected chi connectivity index (χ1v) is 6.32. The Morgan fingerprint density at radius 3 is 2.53 bits per heavy atom. The smallest absolute Gasteiger partial charge is 0.0941 e. The van der Waals surface area contributed by atoms with Gasteiger partial charge in [0.1, 0.15) is 0 Å². The number of nitrogens with zero attached hydrogens (tertiary/aromatic N) is 2. The predicted octanol–water partition coefficient (Wildman–Crippen LogP) is 3.32. The molecular weight excluding hydrogens is 234 g/mol. The molecule has 2 N–H and O–H groups in total. The number of rotatable bonds is 2. The van der Waals surface area contributed by atoms with Crippen molar-refractivity contribution in [2.24, 2.45) is 5.73 Å². The quantitative estimate of drug-likeness (QED) is 0.758. The fourth-order valence-corrected chi connectivity index (χ4v) is 2.17. The maximum absolute atomic E-state index is 6.00. The maximum Gasteiger partial charge on any atom is 0.0941 e. The van der Waals surface area contributed by atoms with Crippen molar-refractivity contribution in [3.8, 4) is 11.3 Å². The highest BCUT2D eigenvalue weighted by Crippen LogP contribution is 2.23. The second-order valence-electron chi connectivity index (χ2n) is 4.62. The Morgan fingerprint density at radius 2 is 1.79 bits per heavy atom. The third-order valence-electron chi connectivity index (χ3n) is 3.16. The van der Waals surface area contributed by atoms with Crippen LogP contribution in [-0.4, -0.2) is 9.97 Å². The highest BCUT2D eigenvalue weighted by molar-refractivity contribution is 5.80. The Hall–Kier alpha value is -2.26. The van der Waals surface area contributed by atoms with Crippen LogP contribution < -0.4 is 5.73 Å². The Labute approximate surface area is 112 Å². The molecule has 19 heavy (non-hydrogen) atoms. The second kappa shape index (κ2) is 4.78. The highest BCUT2D eigenvalue weighted by atomic mass is 14.8. The van der Waals surface area contributed by atoms with Gasteiger partial charge in [-0.05, 0) is 18.6 Å². The summed E-state index contributed by atoms with van der Waals surface area (Å²) in [5, 5.41) is 0. The molecule has 3 aromatic rings. The minimum absolute atomic E-state index is 0.0518. The number of para-hydroxylation sites is 1. The van der Waals surface area contributed by atoms with Gasteiger partial charge in [0.15, 0.2) is 0 Å². The molecule has 94 valence electrons. The molecule has 0 bridgehead atoms. The van der Waals surface area contributed by atoms with Gasteiger partial charge in [0.05, 0.1) is 22.9 Å². The summed E-state index contributed by atoms with van der Waals surface area (Å²) in [6.45, 7) is 1.96. The van der Waals surface area contributed by atoms with Crippen molar-refractivity contribution in [3.63, 3.8) is 0 Å². The van der Waals surface area contributed by atoms with Gasteiger partial charge in [-0.1, -0.05) is 42.5 Å².